The highest BCUT2D eigenvalue weighted by molar-refractivity contribution is 9.10. The van der Waals surface area contributed by atoms with Gasteiger partial charge in [-0.25, -0.2) is 0 Å². The largest absolute Gasteiger partial charge is 0.496 e. The molecule has 15 heavy (non-hydrogen) atoms. The van der Waals surface area contributed by atoms with Gasteiger partial charge in [-0.1, -0.05) is 15.9 Å². The standard InChI is InChI=1S/C11H15BrO3/c1-15-11-5-3-9(12)6-8(11)2-4-10(14)7-13/h3,5-6,10,13-14H,2,4,7H2,1H3. The van der Waals surface area contributed by atoms with Crippen molar-refractivity contribution in [2.24, 2.45) is 0 Å². The summed E-state index contributed by atoms with van der Waals surface area (Å²) in [4.78, 5) is 0. The molecule has 1 aromatic rings. The predicted molar refractivity (Wildman–Crippen MR) is 62.1 cm³/mol. The Kier molecular flexibility index (Phi) is 5.08. The third-order valence-electron chi connectivity index (χ3n) is 2.20. The minimum absolute atomic E-state index is 0.198. The van der Waals surface area contributed by atoms with Crippen LogP contribution in [0.1, 0.15) is 12.0 Å². The Hall–Kier alpha value is -0.580. The smallest absolute Gasteiger partial charge is 0.122 e. The number of ether oxygens (including phenoxy) is 1. The molecule has 84 valence electrons. The Balaban J connectivity index is 2.69. The molecule has 1 rings (SSSR count). The monoisotopic (exact) mass is 274 g/mol. The fourth-order valence-corrected chi connectivity index (χ4v) is 1.76. The van der Waals surface area contributed by atoms with Gasteiger partial charge in [-0.3, -0.25) is 0 Å². The van der Waals surface area contributed by atoms with E-state index in [0.717, 1.165) is 15.8 Å². The Morgan fingerprint density at radius 2 is 2.20 bits per heavy atom. The second-order valence-corrected chi connectivity index (χ2v) is 4.25. The summed E-state index contributed by atoms with van der Waals surface area (Å²) in [6.45, 7) is -0.198. The van der Waals surface area contributed by atoms with E-state index in [0.29, 0.717) is 12.8 Å². The van der Waals surface area contributed by atoms with Crippen LogP contribution in [0.25, 0.3) is 0 Å². The first kappa shape index (κ1) is 12.5. The van der Waals surface area contributed by atoms with Crippen LogP contribution in [0.4, 0.5) is 0 Å². The van der Waals surface area contributed by atoms with E-state index in [1.54, 1.807) is 7.11 Å². The minimum atomic E-state index is -0.659. The van der Waals surface area contributed by atoms with Crippen LogP contribution in [0.15, 0.2) is 22.7 Å². The number of hydrogen-bond acceptors (Lipinski definition) is 3. The van der Waals surface area contributed by atoms with Crippen molar-refractivity contribution < 1.29 is 14.9 Å². The maximum absolute atomic E-state index is 9.25. The Morgan fingerprint density at radius 1 is 1.47 bits per heavy atom. The Bertz CT molecular complexity index is 315. The predicted octanol–water partition coefficient (Wildman–Crippen LogP) is 1.74. The van der Waals surface area contributed by atoms with Gasteiger partial charge in [-0.15, -0.1) is 0 Å². The van der Waals surface area contributed by atoms with Crippen molar-refractivity contribution in [3.63, 3.8) is 0 Å². The summed E-state index contributed by atoms with van der Waals surface area (Å²) in [5, 5.41) is 18.0. The van der Waals surface area contributed by atoms with Crippen LogP contribution in [0.5, 0.6) is 5.75 Å². The summed E-state index contributed by atoms with van der Waals surface area (Å²) in [6, 6.07) is 5.75. The SMILES string of the molecule is COc1ccc(Br)cc1CCC(O)CO. The molecule has 0 bridgehead atoms. The molecule has 0 radical (unpaired) electrons. The molecule has 0 aliphatic rings. The van der Waals surface area contributed by atoms with E-state index in [1.165, 1.54) is 0 Å². The molecule has 4 heteroatoms. The molecule has 3 nitrogen and oxygen atoms in total. The van der Waals surface area contributed by atoms with E-state index in [9.17, 15) is 5.11 Å². The Morgan fingerprint density at radius 3 is 2.80 bits per heavy atom. The lowest BCUT2D eigenvalue weighted by molar-refractivity contribution is 0.0884. The average Bonchev–Trinajstić information content (AvgIpc) is 2.26. The zero-order valence-corrected chi connectivity index (χ0v) is 10.2. The summed E-state index contributed by atoms with van der Waals surface area (Å²) < 4.78 is 6.18. The molecule has 0 fully saturated rings. The lowest BCUT2D eigenvalue weighted by Gasteiger charge is -2.10. The fraction of sp³-hybridized carbons (Fsp3) is 0.455. The molecular weight excluding hydrogens is 260 g/mol. The molecular formula is C11H15BrO3. The Labute approximate surface area is 97.8 Å². The lowest BCUT2D eigenvalue weighted by atomic mass is 10.1. The summed E-state index contributed by atoms with van der Waals surface area (Å²) in [7, 11) is 1.62. The number of rotatable bonds is 5. The summed E-state index contributed by atoms with van der Waals surface area (Å²) in [5.74, 6) is 0.809. The van der Waals surface area contributed by atoms with E-state index < -0.39 is 6.10 Å². The van der Waals surface area contributed by atoms with Crippen LogP contribution in [0, 0.1) is 0 Å². The number of aryl methyl sites for hydroxylation is 1. The molecule has 0 saturated heterocycles. The number of aliphatic hydroxyl groups excluding tert-OH is 2. The second kappa shape index (κ2) is 6.10. The van der Waals surface area contributed by atoms with Crippen molar-refractivity contribution in [2.45, 2.75) is 18.9 Å². The number of halogens is 1. The van der Waals surface area contributed by atoms with Crippen LogP contribution in [0.3, 0.4) is 0 Å². The molecule has 1 atom stereocenters. The van der Waals surface area contributed by atoms with Crippen LogP contribution in [0.2, 0.25) is 0 Å². The quantitative estimate of drug-likeness (QED) is 0.860. The zero-order chi connectivity index (χ0) is 11.3. The number of benzene rings is 1. The molecule has 1 unspecified atom stereocenters. The molecule has 0 heterocycles. The van der Waals surface area contributed by atoms with Crippen LogP contribution >= 0.6 is 15.9 Å². The van der Waals surface area contributed by atoms with E-state index in [2.05, 4.69) is 15.9 Å². The van der Waals surface area contributed by atoms with Gasteiger partial charge in [0.15, 0.2) is 0 Å². The van der Waals surface area contributed by atoms with Crippen LogP contribution in [-0.4, -0.2) is 30.0 Å². The van der Waals surface area contributed by atoms with E-state index in [1.807, 2.05) is 18.2 Å². The summed E-state index contributed by atoms with van der Waals surface area (Å²) in [5.41, 5.74) is 1.03. The van der Waals surface area contributed by atoms with E-state index in [-0.39, 0.29) is 6.61 Å². The molecule has 0 aliphatic heterocycles. The highest BCUT2D eigenvalue weighted by atomic mass is 79.9. The second-order valence-electron chi connectivity index (χ2n) is 3.33. The molecule has 0 saturated carbocycles. The van der Waals surface area contributed by atoms with Gasteiger partial charge < -0.3 is 14.9 Å². The molecule has 2 N–H and O–H groups in total. The van der Waals surface area contributed by atoms with Crippen molar-refractivity contribution >= 4 is 15.9 Å². The van der Waals surface area contributed by atoms with Gasteiger partial charge in [-0.05, 0) is 36.6 Å². The average molecular weight is 275 g/mol. The van der Waals surface area contributed by atoms with E-state index in [4.69, 9.17) is 9.84 Å². The number of hydrogen-bond donors (Lipinski definition) is 2. The third kappa shape index (κ3) is 3.81. The van der Waals surface area contributed by atoms with Gasteiger partial charge in [0.25, 0.3) is 0 Å². The molecule has 0 aromatic heterocycles. The highest BCUT2D eigenvalue weighted by Crippen LogP contribution is 2.24. The van der Waals surface area contributed by atoms with Crippen molar-refractivity contribution in [1.29, 1.82) is 0 Å². The lowest BCUT2D eigenvalue weighted by Crippen LogP contribution is -2.12. The zero-order valence-electron chi connectivity index (χ0n) is 8.61. The maximum Gasteiger partial charge on any atom is 0.122 e. The van der Waals surface area contributed by atoms with Crippen molar-refractivity contribution in [2.75, 3.05) is 13.7 Å². The topological polar surface area (TPSA) is 49.7 Å². The van der Waals surface area contributed by atoms with E-state index >= 15 is 0 Å². The summed E-state index contributed by atoms with van der Waals surface area (Å²) in [6.07, 6.45) is 0.557. The maximum atomic E-state index is 9.25. The van der Waals surface area contributed by atoms with Crippen LogP contribution in [-0.2, 0) is 6.42 Å². The van der Waals surface area contributed by atoms with Crippen molar-refractivity contribution in [1.82, 2.24) is 0 Å². The number of methoxy groups -OCH3 is 1. The van der Waals surface area contributed by atoms with Gasteiger partial charge >= 0.3 is 0 Å². The fourth-order valence-electron chi connectivity index (χ4n) is 1.36. The van der Waals surface area contributed by atoms with Crippen molar-refractivity contribution in [3.05, 3.63) is 28.2 Å². The first-order valence-corrected chi connectivity index (χ1v) is 5.58. The molecule has 0 amide bonds. The first-order valence-electron chi connectivity index (χ1n) is 4.78. The van der Waals surface area contributed by atoms with Gasteiger partial charge in [0.2, 0.25) is 0 Å². The highest BCUT2D eigenvalue weighted by Gasteiger charge is 2.07. The minimum Gasteiger partial charge on any atom is -0.496 e. The van der Waals surface area contributed by atoms with Gasteiger partial charge in [0.1, 0.15) is 5.75 Å². The first-order chi connectivity index (χ1) is 7.17. The van der Waals surface area contributed by atoms with Gasteiger partial charge in [-0.2, -0.15) is 0 Å². The van der Waals surface area contributed by atoms with Crippen molar-refractivity contribution in [3.8, 4) is 5.75 Å². The van der Waals surface area contributed by atoms with Gasteiger partial charge in [0, 0.05) is 4.47 Å². The molecule has 0 aliphatic carbocycles. The molecule has 1 aromatic carbocycles. The normalized spacial score (nSPS) is 12.5. The third-order valence-corrected chi connectivity index (χ3v) is 2.69. The molecule has 0 spiro atoms. The number of aliphatic hydroxyl groups is 2. The summed E-state index contributed by atoms with van der Waals surface area (Å²) >= 11 is 3.38. The van der Waals surface area contributed by atoms with Gasteiger partial charge in [0.05, 0.1) is 19.8 Å². The van der Waals surface area contributed by atoms with Crippen LogP contribution < -0.4 is 4.74 Å².